The minimum absolute atomic E-state index is 0.0767. The quantitative estimate of drug-likeness (QED) is 0.408. The van der Waals surface area contributed by atoms with Crippen LogP contribution in [0.4, 0.5) is 0 Å². The fourth-order valence-electron chi connectivity index (χ4n) is 0.592. The first kappa shape index (κ1) is 6.36. The van der Waals surface area contributed by atoms with E-state index in [1.165, 1.54) is 0 Å². The number of hydrogen-bond donors (Lipinski definition) is 1. The van der Waals surface area contributed by atoms with Gasteiger partial charge in [0, 0.05) is 6.20 Å². The van der Waals surface area contributed by atoms with Crippen LogP contribution in [-0.4, -0.2) is 25.3 Å². The SMILES string of the molecule is Bc1ccc(BO)cn1. The Balaban J connectivity index is 2.88. The number of nitrogens with zero attached hydrogens (tertiary/aromatic N) is 1. The summed E-state index contributed by atoms with van der Waals surface area (Å²) in [6, 6.07) is 3.74. The van der Waals surface area contributed by atoms with Crippen molar-refractivity contribution in [1.82, 2.24) is 4.98 Å². The van der Waals surface area contributed by atoms with Crippen LogP contribution in [0.1, 0.15) is 0 Å². The summed E-state index contributed by atoms with van der Waals surface area (Å²) in [6.45, 7) is 0. The molecule has 2 nitrogen and oxygen atoms in total. The van der Waals surface area contributed by atoms with Crippen molar-refractivity contribution < 1.29 is 5.02 Å². The van der Waals surface area contributed by atoms with Gasteiger partial charge in [0.2, 0.25) is 0 Å². The first-order valence-corrected chi connectivity index (χ1v) is 2.85. The molecule has 0 spiro atoms. The predicted octanol–water partition coefficient (Wildman–Crippen LogP) is -2.69. The molecule has 0 saturated heterocycles. The van der Waals surface area contributed by atoms with Gasteiger partial charge in [0.25, 0.3) is 0 Å². The highest BCUT2D eigenvalue weighted by Crippen LogP contribution is 1.69. The average molecular weight is 119 g/mol. The number of rotatable bonds is 1. The molecule has 4 heteroatoms. The molecule has 0 aliphatic carbocycles. The molecule has 0 atom stereocenters. The lowest BCUT2D eigenvalue weighted by atomic mass is 9.89. The van der Waals surface area contributed by atoms with Gasteiger partial charge in [0.15, 0.2) is 7.85 Å². The molecule has 1 N–H and O–H groups in total. The van der Waals surface area contributed by atoms with Gasteiger partial charge in [-0.15, -0.1) is 0 Å². The molecule has 1 heterocycles. The van der Waals surface area contributed by atoms with Gasteiger partial charge in [-0.2, -0.15) is 0 Å². The molecule has 44 valence electrons. The summed E-state index contributed by atoms with van der Waals surface area (Å²) < 4.78 is 0. The van der Waals surface area contributed by atoms with Gasteiger partial charge in [-0.1, -0.05) is 12.1 Å². The van der Waals surface area contributed by atoms with Crippen LogP contribution in [0.5, 0.6) is 0 Å². The summed E-state index contributed by atoms with van der Waals surface area (Å²) in [5.41, 5.74) is 1.84. The third-order valence-corrected chi connectivity index (χ3v) is 1.16. The van der Waals surface area contributed by atoms with E-state index >= 15 is 0 Å². The van der Waals surface area contributed by atoms with Gasteiger partial charge >= 0.3 is 7.48 Å². The molecule has 0 amide bonds. The lowest BCUT2D eigenvalue weighted by Gasteiger charge is -1.92. The Morgan fingerprint density at radius 1 is 1.56 bits per heavy atom. The molecule has 1 aromatic rings. The van der Waals surface area contributed by atoms with Gasteiger partial charge < -0.3 is 5.02 Å². The molecule has 0 fully saturated rings. The van der Waals surface area contributed by atoms with Crippen LogP contribution in [0.15, 0.2) is 18.3 Å². The molecule has 0 saturated carbocycles. The molecular formula is C5H7B2NO. The van der Waals surface area contributed by atoms with Crippen LogP contribution in [-0.2, 0) is 0 Å². The minimum Gasteiger partial charge on any atom is -0.449 e. The Hall–Kier alpha value is -0.760. The van der Waals surface area contributed by atoms with Crippen LogP contribution < -0.4 is 11.1 Å². The maximum Gasteiger partial charge on any atom is 0.306 e. The van der Waals surface area contributed by atoms with Crippen LogP contribution in [0.3, 0.4) is 0 Å². The van der Waals surface area contributed by atoms with Crippen molar-refractivity contribution in [2.75, 3.05) is 0 Å². The third kappa shape index (κ3) is 1.57. The molecule has 1 aromatic heterocycles. The van der Waals surface area contributed by atoms with E-state index in [0.29, 0.717) is 0 Å². The first-order chi connectivity index (χ1) is 4.33. The molecule has 1 rings (SSSR count). The lowest BCUT2D eigenvalue weighted by Crippen LogP contribution is -2.18. The van der Waals surface area contributed by atoms with Crippen LogP contribution in [0.25, 0.3) is 0 Å². The Morgan fingerprint density at radius 3 is 2.78 bits per heavy atom. The van der Waals surface area contributed by atoms with E-state index in [0.717, 1.165) is 11.1 Å². The lowest BCUT2D eigenvalue weighted by molar-refractivity contribution is 0.615. The van der Waals surface area contributed by atoms with Gasteiger partial charge in [0.05, 0.1) is 0 Å². The minimum atomic E-state index is 0.0767. The predicted molar refractivity (Wildman–Crippen MR) is 41.4 cm³/mol. The third-order valence-electron chi connectivity index (χ3n) is 1.16. The highest BCUT2D eigenvalue weighted by atomic mass is 16.2. The fourth-order valence-corrected chi connectivity index (χ4v) is 0.592. The van der Waals surface area contributed by atoms with Crippen LogP contribution in [0.2, 0.25) is 0 Å². The smallest absolute Gasteiger partial charge is 0.306 e. The molecule has 0 radical (unpaired) electrons. The topological polar surface area (TPSA) is 33.1 Å². The monoisotopic (exact) mass is 119 g/mol. The summed E-state index contributed by atoms with van der Waals surface area (Å²) in [7, 11) is 1.99. The first-order valence-electron chi connectivity index (χ1n) is 2.85. The molecular weight excluding hydrogens is 112 g/mol. The van der Waals surface area contributed by atoms with Crippen molar-refractivity contribution in [3.63, 3.8) is 0 Å². The van der Waals surface area contributed by atoms with Crippen molar-refractivity contribution in [2.45, 2.75) is 0 Å². The summed E-state index contributed by atoms with van der Waals surface area (Å²) in [5.74, 6) is 0. The highest BCUT2D eigenvalue weighted by Gasteiger charge is 1.89. The molecule has 0 bridgehead atoms. The summed E-state index contributed by atoms with van der Waals surface area (Å²) in [4.78, 5) is 3.99. The molecule has 0 aliphatic rings. The van der Waals surface area contributed by atoms with E-state index in [2.05, 4.69) is 4.98 Å². The van der Waals surface area contributed by atoms with E-state index in [9.17, 15) is 0 Å². The van der Waals surface area contributed by atoms with Crippen molar-refractivity contribution in [3.05, 3.63) is 18.3 Å². The number of pyridine rings is 1. The maximum absolute atomic E-state index is 8.59. The summed E-state index contributed by atoms with van der Waals surface area (Å²) >= 11 is 0. The Labute approximate surface area is 55.6 Å². The summed E-state index contributed by atoms with van der Waals surface area (Å²) in [6.07, 6.45) is 1.68. The van der Waals surface area contributed by atoms with Gasteiger partial charge in [-0.05, 0) is 11.1 Å². The Morgan fingerprint density at radius 2 is 2.33 bits per heavy atom. The zero-order valence-electron chi connectivity index (χ0n) is 5.33. The second-order valence-electron chi connectivity index (χ2n) is 1.97. The zero-order chi connectivity index (χ0) is 6.69. The van der Waals surface area contributed by atoms with Gasteiger partial charge in [-0.25, -0.2) is 0 Å². The van der Waals surface area contributed by atoms with E-state index < -0.39 is 0 Å². The van der Waals surface area contributed by atoms with Gasteiger partial charge in [-0.3, -0.25) is 4.98 Å². The van der Waals surface area contributed by atoms with Crippen molar-refractivity contribution in [3.8, 4) is 0 Å². The average Bonchev–Trinajstić information content (AvgIpc) is 1.90. The molecule has 0 aliphatic heterocycles. The number of aromatic nitrogens is 1. The van der Waals surface area contributed by atoms with E-state index in [1.807, 2.05) is 20.0 Å². The van der Waals surface area contributed by atoms with Gasteiger partial charge in [0.1, 0.15) is 0 Å². The summed E-state index contributed by atoms with van der Waals surface area (Å²) in [5, 5.41) is 8.59. The van der Waals surface area contributed by atoms with Crippen molar-refractivity contribution >= 4 is 26.4 Å². The highest BCUT2D eigenvalue weighted by molar-refractivity contribution is 6.45. The zero-order valence-corrected chi connectivity index (χ0v) is 5.33. The molecule has 0 unspecified atom stereocenters. The van der Waals surface area contributed by atoms with E-state index in [4.69, 9.17) is 5.02 Å². The van der Waals surface area contributed by atoms with E-state index in [1.54, 1.807) is 6.20 Å². The Kier molecular flexibility index (Phi) is 1.90. The normalized spacial score (nSPS) is 9.00. The molecule has 0 aromatic carbocycles. The van der Waals surface area contributed by atoms with Crippen LogP contribution in [0, 0.1) is 0 Å². The maximum atomic E-state index is 8.59. The number of hydrogen-bond acceptors (Lipinski definition) is 2. The second-order valence-corrected chi connectivity index (χ2v) is 1.97. The van der Waals surface area contributed by atoms with Crippen molar-refractivity contribution in [2.24, 2.45) is 0 Å². The van der Waals surface area contributed by atoms with Crippen LogP contribution >= 0.6 is 0 Å². The standard InChI is InChI=1S/C5H7B2NO/c6-5-2-1-4(7-9)3-8-5/h1-3,7,9H,6H2. The fraction of sp³-hybridized carbons (Fsp3) is 0. The Bertz CT molecular complexity index is 187. The van der Waals surface area contributed by atoms with E-state index in [-0.39, 0.29) is 7.48 Å². The molecule has 9 heavy (non-hydrogen) atoms. The largest absolute Gasteiger partial charge is 0.449 e. The second kappa shape index (κ2) is 2.69. The van der Waals surface area contributed by atoms with Crippen molar-refractivity contribution in [1.29, 1.82) is 0 Å².